The molecule has 0 unspecified atom stereocenters. The first-order chi connectivity index (χ1) is 9.56. The molecule has 0 saturated carbocycles. The normalized spacial score (nSPS) is 10.9. The first-order valence-electron chi connectivity index (χ1n) is 6.46. The van der Waals surface area contributed by atoms with Crippen molar-refractivity contribution in [2.75, 3.05) is 5.73 Å². The molecule has 2 aromatic heterocycles. The van der Waals surface area contributed by atoms with Crippen LogP contribution in [-0.2, 0) is 0 Å². The van der Waals surface area contributed by atoms with Gasteiger partial charge >= 0.3 is 0 Å². The monoisotopic (exact) mass is 284 g/mol. The third-order valence-corrected chi connectivity index (χ3v) is 4.50. The highest BCUT2D eigenvalue weighted by molar-refractivity contribution is 7.15. The Labute approximate surface area is 122 Å². The zero-order valence-corrected chi connectivity index (χ0v) is 12.5. The molecule has 2 heterocycles. The minimum atomic E-state index is 0.370. The predicted molar refractivity (Wildman–Crippen MR) is 83.9 cm³/mol. The molecule has 0 spiro atoms. The van der Waals surface area contributed by atoms with Gasteiger partial charge in [0.2, 0.25) is 5.88 Å². The average Bonchev–Trinajstić information content (AvgIpc) is 2.99. The summed E-state index contributed by atoms with van der Waals surface area (Å²) in [6.07, 6.45) is 0. The van der Waals surface area contributed by atoms with Crippen molar-refractivity contribution < 1.29 is 4.52 Å². The van der Waals surface area contributed by atoms with Crippen LogP contribution in [0.15, 0.2) is 34.9 Å². The molecule has 3 rings (SSSR count). The zero-order valence-electron chi connectivity index (χ0n) is 11.7. The molecule has 0 atom stereocenters. The van der Waals surface area contributed by atoms with Crippen LogP contribution in [0.25, 0.3) is 21.7 Å². The summed E-state index contributed by atoms with van der Waals surface area (Å²) in [7, 11) is 0. The second-order valence-electron chi connectivity index (χ2n) is 4.98. The van der Waals surface area contributed by atoms with Crippen LogP contribution >= 0.6 is 11.3 Å². The lowest BCUT2D eigenvalue weighted by atomic mass is 10.00. The molecule has 102 valence electrons. The van der Waals surface area contributed by atoms with E-state index in [1.54, 1.807) is 11.3 Å². The third kappa shape index (κ3) is 2.12. The number of aryl methyl sites for hydroxylation is 3. The summed E-state index contributed by atoms with van der Waals surface area (Å²) >= 11 is 1.69. The summed E-state index contributed by atoms with van der Waals surface area (Å²) in [6, 6.07) is 10.4. The Morgan fingerprint density at radius 2 is 1.85 bits per heavy atom. The maximum Gasteiger partial charge on any atom is 0.230 e. The van der Waals surface area contributed by atoms with Crippen molar-refractivity contribution in [3.63, 3.8) is 0 Å². The van der Waals surface area contributed by atoms with Crippen LogP contribution in [0.1, 0.15) is 16.0 Å². The van der Waals surface area contributed by atoms with Gasteiger partial charge < -0.3 is 10.3 Å². The lowest BCUT2D eigenvalue weighted by molar-refractivity contribution is 0.439. The summed E-state index contributed by atoms with van der Waals surface area (Å²) in [5.41, 5.74) is 11.2. The number of anilines is 1. The second kappa shape index (κ2) is 4.80. The fourth-order valence-electron chi connectivity index (χ4n) is 2.21. The number of hydrogen-bond donors (Lipinski definition) is 1. The lowest BCUT2D eigenvalue weighted by Gasteiger charge is -2.05. The van der Waals surface area contributed by atoms with Gasteiger partial charge in [-0.3, -0.25) is 0 Å². The maximum absolute atomic E-state index is 5.98. The van der Waals surface area contributed by atoms with Crippen molar-refractivity contribution in [2.45, 2.75) is 20.8 Å². The van der Waals surface area contributed by atoms with Gasteiger partial charge in [0.1, 0.15) is 5.69 Å². The highest BCUT2D eigenvalue weighted by Gasteiger charge is 2.18. The molecule has 2 N–H and O–H groups in total. The SMILES string of the molecule is Cc1ccc(-c2noc(N)c2-c2ccc(C)c(C)c2)s1. The van der Waals surface area contributed by atoms with Crippen LogP contribution in [-0.4, -0.2) is 5.16 Å². The number of nitrogens with zero attached hydrogens (tertiary/aromatic N) is 1. The van der Waals surface area contributed by atoms with Crippen LogP contribution < -0.4 is 5.73 Å². The Balaban J connectivity index is 2.18. The molecule has 0 fully saturated rings. The molecule has 3 nitrogen and oxygen atoms in total. The van der Waals surface area contributed by atoms with Crippen LogP contribution in [0.4, 0.5) is 5.88 Å². The Morgan fingerprint density at radius 3 is 2.50 bits per heavy atom. The van der Waals surface area contributed by atoms with E-state index in [0.29, 0.717) is 5.88 Å². The molecule has 0 amide bonds. The van der Waals surface area contributed by atoms with Crippen LogP contribution in [0.5, 0.6) is 0 Å². The van der Waals surface area contributed by atoms with Gasteiger partial charge in [-0.25, -0.2) is 0 Å². The van der Waals surface area contributed by atoms with E-state index < -0.39 is 0 Å². The van der Waals surface area contributed by atoms with E-state index in [0.717, 1.165) is 21.7 Å². The van der Waals surface area contributed by atoms with Crippen molar-refractivity contribution in [1.29, 1.82) is 0 Å². The number of hydrogen-bond acceptors (Lipinski definition) is 4. The Bertz CT molecular complexity index is 771. The van der Waals surface area contributed by atoms with E-state index in [4.69, 9.17) is 10.3 Å². The molecule has 4 heteroatoms. The molecule has 0 aliphatic carbocycles. The van der Waals surface area contributed by atoms with E-state index >= 15 is 0 Å². The summed E-state index contributed by atoms with van der Waals surface area (Å²) in [5, 5.41) is 4.14. The van der Waals surface area contributed by atoms with E-state index in [1.165, 1.54) is 16.0 Å². The molecule has 20 heavy (non-hydrogen) atoms. The molecule has 3 aromatic rings. The topological polar surface area (TPSA) is 52.0 Å². The van der Waals surface area contributed by atoms with Crippen molar-refractivity contribution in [1.82, 2.24) is 5.16 Å². The maximum atomic E-state index is 5.98. The summed E-state index contributed by atoms with van der Waals surface area (Å²) in [4.78, 5) is 2.32. The first kappa shape index (κ1) is 12.9. The second-order valence-corrected chi connectivity index (χ2v) is 6.27. The van der Waals surface area contributed by atoms with Crippen molar-refractivity contribution >= 4 is 17.2 Å². The van der Waals surface area contributed by atoms with E-state index in [-0.39, 0.29) is 0 Å². The van der Waals surface area contributed by atoms with Crippen LogP contribution in [0.2, 0.25) is 0 Å². The fraction of sp³-hybridized carbons (Fsp3) is 0.188. The highest BCUT2D eigenvalue weighted by atomic mass is 32.1. The Kier molecular flexibility index (Phi) is 3.10. The first-order valence-corrected chi connectivity index (χ1v) is 7.27. The van der Waals surface area contributed by atoms with E-state index in [1.807, 2.05) is 0 Å². The smallest absolute Gasteiger partial charge is 0.230 e. The molecule has 1 aromatic carbocycles. The molecule has 0 aliphatic rings. The molecule has 0 radical (unpaired) electrons. The van der Waals surface area contributed by atoms with E-state index in [2.05, 4.69) is 56.3 Å². The summed E-state index contributed by atoms with van der Waals surface area (Å²) < 4.78 is 5.22. The minimum Gasteiger partial charge on any atom is -0.367 e. The van der Waals surface area contributed by atoms with Gasteiger partial charge in [-0.05, 0) is 49.6 Å². The third-order valence-electron chi connectivity index (χ3n) is 3.49. The minimum absolute atomic E-state index is 0.370. The van der Waals surface area contributed by atoms with Gasteiger partial charge in [-0.1, -0.05) is 23.4 Å². The molecule has 0 aliphatic heterocycles. The molecule has 0 saturated heterocycles. The van der Waals surface area contributed by atoms with Crippen molar-refractivity contribution in [3.05, 3.63) is 46.3 Å². The Morgan fingerprint density at radius 1 is 1.05 bits per heavy atom. The number of nitrogens with two attached hydrogens (primary N) is 1. The lowest BCUT2D eigenvalue weighted by Crippen LogP contribution is -1.89. The van der Waals surface area contributed by atoms with Gasteiger partial charge in [0.25, 0.3) is 0 Å². The quantitative estimate of drug-likeness (QED) is 0.749. The highest BCUT2D eigenvalue weighted by Crippen LogP contribution is 2.39. The Hall–Kier alpha value is -2.07. The van der Waals surface area contributed by atoms with Gasteiger partial charge in [0.15, 0.2) is 0 Å². The van der Waals surface area contributed by atoms with Gasteiger partial charge in [-0.15, -0.1) is 11.3 Å². The molecular formula is C16H16N2OS. The number of aromatic nitrogens is 1. The van der Waals surface area contributed by atoms with Gasteiger partial charge in [0, 0.05) is 4.88 Å². The fourth-order valence-corrected chi connectivity index (χ4v) is 3.06. The van der Waals surface area contributed by atoms with Crippen molar-refractivity contribution in [3.8, 4) is 21.7 Å². The predicted octanol–water partition coefficient (Wildman–Crippen LogP) is 4.58. The number of thiophene rings is 1. The summed E-state index contributed by atoms with van der Waals surface area (Å²) in [5.74, 6) is 0.370. The number of rotatable bonds is 2. The summed E-state index contributed by atoms with van der Waals surface area (Å²) in [6.45, 7) is 6.27. The van der Waals surface area contributed by atoms with Crippen LogP contribution in [0.3, 0.4) is 0 Å². The van der Waals surface area contributed by atoms with Crippen molar-refractivity contribution in [2.24, 2.45) is 0 Å². The van der Waals surface area contributed by atoms with Gasteiger partial charge in [-0.2, -0.15) is 0 Å². The zero-order chi connectivity index (χ0) is 14.3. The largest absolute Gasteiger partial charge is 0.367 e. The van der Waals surface area contributed by atoms with Gasteiger partial charge in [0.05, 0.1) is 10.4 Å². The molecule has 0 bridgehead atoms. The number of nitrogen functional groups attached to an aromatic ring is 1. The standard InChI is InChI=1S/C16H16N2OS/c1-9-4-6-12(8-10(9)2)14-15(18-19-16(14)17)13-7-5-11(3)20-13/h4-8H,17H2,1-3H3. The molecular weight excluding hydrogens is 268 g/mol. The average molecular weight is 284 g/mol. The van der Waals surface area contributed by atoms with E-state index in [9.17, 15) is 0 Å². The number of benzene rings is 1. The van der Waals surface area contributed by atoms with Crippen LogP contribution in [0, 0.1) is 20.8 Å².